The fourth-order valence-electron chi connectivity index (χ4n) is 2.45. The maximum absolute atomic E-state index is 8.32. The molecule has 0 heterocycles. The van der Waals surface area contributed by atoms with Crippen LogP contribution in [0.3, 0.4) is 0 Å². The number of nitrogens with zero attached hydrogens (tertiary/aromatic N) is 2. The van der Waals surface area contributed by atoms with Crippen LogP contribution >= 0.6 is 11.6 Å². The second-order valence-electron chi connectivity index (χ2n) is 5.72. The Morgan fingerprint density at radius 2 is 1.31 bits per heavy atom. The van der Waals surface area contributed by atoms with Gasteiger partial charge in [0, 0.05) is 21.9 Å². The standard InChI is InChI=1S/C22H18ClN3/c1-16(17-9-4-2-5-10-17)25-22(19-13-8-14-20(23)15-19)26-21(24)18-11-6-3-7-12-18/h2-15,24H,1H3. The van der Waals surface area contributed by atoms with Crippen molar-refractivity contribution in [2.24, 2.45) is 9.98 Å². The van der Waals surface area contributed by atoms with Gasteiger partial charge < -0.3 is 0 Å². The summed E-state index contributed by atoms with van der Waals surface area (Å²) >= 11 is 6.14. The molecule has 26 heavy (non-hydrogen) atoms. The third kappa shape index (κ3) is 4.52. The van der Waals surface area contributed by atoms with E-state index >= 15 is 0 Å². The fourth-order valence-corrected chi connectivity index (χ4v) is 2.64. The van der Waals surface area contributed by atoms with Gasteiger partial charge in [0.15, 0.2) is 11.7 Å². The molecule has 3 aromatic carbocycles. The number of hydrogen-bond donors (Lipinski definition) is 1. The zero-order valence-corrected chi connectivity index (χ0v) is 15.1. The van der Waals surface area contributed by atoms with E-state index in [9.17, 15) is 0 Å². The molecule has 128 valence electrons. The first-order chi connectivity index (χ1) is 12.6. The maximum Gasteiger partial charge on any atom is 0.161 e. The second kappa shape index (κ2) is 8.37. The predicted octanol–water partition coefficient (Wildman–Crippen LogP) is 5.62. The molecule has 0 saturated carbocycles. The summed E-state index contributed by atoms with van der Waals surface area (Å²) in [5.41, 5.74) is 3.34. The summed E-state index contributed by atoms with van der Waals surface area (Å²) in [4.78, 5) is 9.17. The molecule has 3 nitrogen and oxygen atoms in total. The molecule has 0 radical (unpaired) electrons. The number of nitrogens with one attached hydrogen (secondary N) is 1. The van der Waals surface area contributed by atoms with E-state index in [-0.39, 0.29) is 5.84 Å². The van der Waals surface area contributed by atoms with Crippen molar-refractivity contribution in [1.29, 1.82) is 5.41 Å². The van der Waals surface area contributed by atoms with Crippen molar-refractivity contribution in [3.8, 4) is 0 Å². The molecule has 1 N–H and O–H groups in total. The highest BCUT2D eigenvalue weighted by molar-refractivity contribution is 6.31. The Labute approximate surface area is 158 Å². The summed E-state index contributed by atoms with van der Waals surface area (Å²) in [6.07, 6.45) is 0. The number of hydrogen-bond acceptors (Lipinski definition) is 1. The molecule has 0 unspecified atom stereocenters. The molecule has 0 spiro atoms. The van der Waals surface area contributed by atoms with Gasteiger partial charge in [-0.25, -0.2) is 9.98 Å². The topological polar surface area (TPSA) is 48.6 Å². The van der Waals surface area contributed by atoms with Crippen molar-refractivity contribution in [2.45, 2.75) is 6.92 Å². The van der Waals surface area contributed by atoms with Crippen LogP contribution in [0.4, 0.5) is 0 Å². The van der Waals surface area contributed by atoms with Crippen molar-refractivity contribution in [1.82, 2.24) is 0 Å². The molecule has 0 aliphatic carbocycles. The summed E-state index contributed by atoms with van der Waals surface area (Å²) in [7, 11) is 0. The Kier molecular flexibility index (Phi) is 5.72. The normalized spacial score (nSPS) is 12.1. The van der Waals surface area contributed by atoms with Crippen LogP contribution in [0.2, 0.25) is 5.02 Å². The molecule has 0 saturated heterocycles. The van der Waals surface area contributed by atoms with E-state index in [4.69, 9.17) is 22.0 Å². The Morgan fingerprint density at radius 1 is 0.731 bits per heavy atom. The number of rotatable bonds is 3. The molecular weight excluding hydrogens is 342 g/mol. The first-order valence-corrected chi connectivity index (χ1v) is 8.60. The molecule has 4 heteroatoms. The zero-order valence-electron chi connectivity index (χ0n) is 14.4. The molecule has 0 aromatic heterocycles. The number of amidine groups is 2. The van der Waals surface area contributed by atoms with Crippen LogP contribution in [-0.2, 0) is 0 Å². The number of aliphatic imine (C=N–C) groups is 2. The summed E-state index contributed by atoms with van der Waals surface area (Å²) in [6.45, 7) is 1.93. The van der Waals surface area contributed by atoms with E-state index < -0.39 is 0 Å². The van der Waals surface area contributed by atoms with Gasteiger partial charge in [0.05, 0.1) is 0 Å². The van der Waals surface area contributed by atoms with Gasteiger partial charge in [0.25, 0.3) is 0 Å². The van der Waals surface area contributed by atoms with Crippen LogP contribution in [0.25, 0.3) is 0 Å². The molecule has 0 atom stereocenters. The van der Waals surface area contributed by atoms with Crippen LogP contribution in [0.5, 0.6) is 0 Å². The van der Waals surface area contributed by atoms with Crippen molar-refractivity contribution in [2.75, 3.05) is 0 Å². The average Bonchev–Trinajstić information content (AvgIpc) is 2.68. The fraction of sp³-hybridized carbons (Fsp3) is 0.0455. The molecule has 3 aromatic rings. The summed E-state index contributed by atoms with van der Waals surface area (Å²) in [5.74, 6) is 0.618. The number of benzene rings is 3. The van der Waals surface area contributed by atoms with Crippen LogP contribution in [-0.4, -0.2) is 17.4 Å². The lowest BCUT2D eigenvalue weighted by molar-refractivity contribution is 1.39. The van der Waals surface area contributed by atoms with Crippen LogP contribution in [0, 0.1) is 5.41 Å². The van der Waals surface area contributed by atoms with Crippen LogP contribution in [0.1, 0.15) is 23.6 Å². The lowest BCUT2D eigenvalue weighted by Gasteiger charge is -2.07. The predicted molar refractivity (Wildman–Crippen MR) is 110 cm³/mol. The lowest BCUT2D eigenvalue weighted by atomic mass is 10.1. The average molecular weight is 360 g/mol. The lowest BCUT2D eigenvalue weighted by Crippen LogP contribution is -2.07. The van der Waals surface area contributed by atoms with Gasteiger partial charge in [-0.2, -0.15) is 0 Å². The number of halogens is 1. The summed E-state index contributed by atoms with van der Waals surface area (Å²) in [6, 6.07) is 26.7. The van der Waals surface area contributed by atoms with Crippen LogP contribution < -0.4 is 0 Å². The Bertz CT molecular complexity index is 961. The van der Waals surface area contributed by atoms with Crippen molar-refractivity contribution in [3.05, 3.63) is 107 Å². The van der Waals surface area contributed by atoms with Gasteiger partial charge in [-0.3, -0.25) is 5.41 Å². The highest BCUT2D eigenvalue weighted by atomic mass is 35.5. The first kappa shape index (κ1) is 17.8. The SMILES string of the molecule is CC(=NC(=NC(=N)c1ccccc1)c1cccc(Cl)c1)c1ccccc1. The van der Waals surface area contributed by atoms with Crippen LogP contribution in [0.15, 0.2) is 94.9 Å². The monoisotopic (exact) mass is 359 g/mol. The van der Waals surface area contributed by atoms with Gasteiger partial charge in [0.1, 0.15) is 0 Å². The van der Waals surface area contributed by atoms with E-state index in [0.29, 0.717) is 10.9 Å². The smallest absolute Gasteiger partial charge is 0.161 e. The highest BCUT2D eigenvalue weighted by Crippen LogP contribution is 2.14. The van der Waals surface area contributed by atoms with Gasteiger partial charge in [0.2, 0.25) is 0 Å². The molecule has 0 aliphatic heterocycles. The van der Waals surface area contributed by atoms with E-state index in [2.05, 4.69) is 4.99 Å². The first-order valence-electron chi connectivity index (χ1n) is 8.23. The molecule has 3 rings (SSSR count). The Morgan fingerprint density at radius 3 is 1.92 bits per heavy atom. The zero-order chi connectivity index (χ0) is 18.4. The van der Waals surface area contributed by atoms with E-state index in [0.717, 1.165) is 22.4 Å². The third-order valence-corrected chi connectivity index (χ3v) is 4.05. The molecule has 0 aliphatic rings. The van der Waals surface area contributed by atoms with E-state index in [1.165, 1.54) is 0 Å². The van der Waals surface area contributed by atoms with Gasteiger partial charge in [-0.15, -0.1) is 0 Å². The molecule has 0 fully saturated rings. The minimum absolute atomic E-state index is 0.158. The van der Waals surface area contributed by atoms with Gasteiger partial charge in [-0.05, 0) is 24.6 Å². The minimum atomic E-state index is 0.158. The molecule has 0 amide bonds. The van der Waals surface area contributed by atoms with Crippen molar-refractivity contribution < 1.29 is 0 Å². The highest BCUT2D eigenvalue weighted by Gasteiger charge is 2.08. The maximum atomic E-state index is 8.32. The largest absolute Gasteiger partial charge is 0.282 e. The second-order valence-corrected chi connectivity index (χ2v) is 6.16. The molecular formula is C22H18ClN3. The van der Waals surface area contributed by atoms with E-state index in [1.807, 2.05) is 79.7 Å². The quantitative estimate of drug-likeness (QED) is 0.466. The van der Waals surface area contributed by atoms with Gasteiger partial charge >= 0.3 is 0 Å². The third-order valence-electron chi connectivity index (χ3n) is 3.81. The Balaban J connectivity index is 2.05. The Hall–Kier alpha value is -3.04. The molecule has 0 bridgehead atoms. The summed E-state index contributed by atoms with van der Waals surface area (Å²) in [5, 5.41) is 8.93. The van der Waals surface area contributed by atoms with E-state index in [1.54, 1.807) is 12.1 Å². The van der Waals surface area contributed by atoms with Gasteiger partial charge in [-0.1, -0.05) is 84.4 Å². The minimum Gasteiger partial charge on any atom is -0.282 e. The summed E-state index contributed by atoms with van der Waals surface area (Å²) < 4.78 is 0. The van der Waals surface area contributed by atoms with Crippen molar-refractivity contribution in [3.63, 3.8) is 0 Å². The van der Waals surface area contributed by atoms with Crippen molar-refractivity contribution >= 4 is 29.0 Å².